The lowest BCUT2D eigenvalue weighted by atomic mass is 10.1. The van der Waals surface area contributed by atoms with Crippen molar-refractivity contribution in [1.29, 1.82) is 0 Å². The molecule has 25 heavy (non-hydrogen) atoms. The first-order chi connectivity index (χ1) is 12.1. The number of aryl methyl sites for hydroxylation is 1. The molecular weight excluding hydrogens is 322 g/mol. The Kier molecular flexibility index (Phi) is 7.91. The number of nitrogens with zero attached hydrogens (tertiary/aromatic N) is 2. The SMILES string of the molecule is CCCCCCC(=O)N(CC(=O)Nc1cc(C)on1)C[C@@H]1CCCO1. The number of hydrogen-bond donors (Lipinski definition) is 1. The minimum Gasteiger partial charge on any atom is -0.376 e. The number of carbonyl (C=O) groups is 2. The van der Waals surface area contributed by atoms with E-state index in [0.29, 0.717) is 24.5 Å². The van der Waals surface area contributed by atoms with Gasteiger partial charge in [-0.25, -0.2) is 0 Å². The highest BCUT2D eigenvalue weighted by atomic mass is 16.5. The van der Waals surface area contributed by atoms with Gasteiger partial charge in [-0.15, -0.1) is 0 Å². The molecule has 2 amide bonds. The van der Waals surface area contributed by atoms with Crippen LogP contribution in [-0.2, 0) is 14.3 Å². The molecule has 7 heteroatoms. The Morgan fingerprint density at radius 3 is 2.84 bits per heavy atom. The standard InChI is InChI=1S/C18H29N3O4/c1-3-4-5-6-9-18(23)21(12-15-8-7-10-24-15)13-17(22)19-16-11-14(2)25-20-16/h11,15H,3-10,12-13H2,1-2H3,(H,19,20,22)/t15-/m0/s1. The Morgan fingerprint density at radius 2 is 2.20 bits per heavy atom. The van der Waals surface area contributed by atoms with Crippen molar-refractivity contribution < 1.29 is 18.8 Å². The fraction of sp³-hybridized carbons (Fsp3) is 0.722. The van der Waals surface area contributed by atoms with Crippen LogP contribution in [0.2, 0.25) is 0 Å². The summed E-state index contributed by atoms with van der Waals surface area (Å²) in [5, 5.41) is 6.42. The van der Waals surface area contributed by atoms with Gasteiger partial charge in [0.05, 0.1) is 12.6 Å². The molecule has 140 valence electrons. The van der Waals surface area contributed by atoms with Crippen molar-refractivity contribution in [3.63, 3.8) is 0 Å². The normalized spacial score (nSPS) is 16.8. The van der Waals surface area contributed by atoms with E-state index in [9.17, 15) is 9.59 Å². The van der Waals surface area contributed by atoms with Crippen LogP contribution in [0.1, 0.15) is 57.6 Å². The summed E-state index contributed by atoms with van der Waals surface area (Å²) in [5.74, 6) is 0.736. The molecule has 1 N–H and O–H groups in total. The van der Waals surface area contributed by atoms with E-state index >= 15 is 0 Å². The Hall–Kier alpha value is -1.89. The van der Waals surface area contributed by atoms with Crippen molar-refractivity contribution in [2.45, 2.75) is 64.9 Å². The third kappa shape index (κ3) is 6.86. The van der Waals surface area contributed by atoms with Crippen LogP contribution in [0.25, 0.3) is 0 Å². The molecule has 1 saturated heterocycles. The summed E-state index contributed by atoms with van der Waals surface area (Å²) in [4.78, 5) is 26.4. The number of aromatic nitrogens is 1. The maximum atomic E-state index is 12.5. The molecule has 0 spiro atoms. The molecule has 2 heterocycles. The fourth-order valence-corrected chi connectivity index (χ4v) is 2.93. The van der Waals surface area contributed by atoms with E-state index in [2.05, 4.69) is 17.4 Å². The van der Waals surface area contributed by atoms with E-state index in [1.165, 1.54) is 0 Å². The molecule has 1 aliphatic heterocycles. The van der Waals surface area contributed by atoms with Crippen LogP contribution in [0, 0.1) is 6.92 Å². The molecule has 0 saturated carbocycles. The van der Waals surface area contributed by atoms with E-state index in [1.807, 2.05) is 0 Å². The van der Waals surface area contributed by atoms with Gasteiger partial charge in [0, 0.05) is 25.6 Å². The van der Waals surface area contributed by atoms with Gasteiger partial charge in [-0.2, -0.15) is 0 Å². The lowest BCUT2D eigenvalue weighted by molar-refractivity contribution is -0.136. The van der Waals surface area contributed by atoms with Crippen LogP contribution in [0.15, 0.2) is 10.6 Å². The lowest BCUT2D eigenvalue weighted by Crippen LogP contribution is -2.42. The minimum atomic E-state index is -0.270. The molecule has 2 rings (SSSR count). The number of hydrogen-bond acceptors (Lipinski definition) is 5. The number of amides is 2. The van der Waals surface area contributed by atoms with Gasteiger partial charge >= 0.3 is 0 Å². The number of ether oxygens (including phenoxy) is 1. The Bertz CT molecular complexity index is 552. The van der Waals surface area contributed by atoms with Crippen molar-refractivity contribution in [3.8, 4) is 0 Å². The Balaban J connectivity index is 1.87. The van der Waals surface area contributed by atoms with Gasteiger partial charge < -0.3 is 19.5 Å². The average Bonchev–Trinajstić information content (AvgIpc) is 3.22. The fourth-order valence-electron chi connectivity index (χ4n) is 2.93. The van der Waals surface area contributed by atoms with Crippen LogP contribution >= 0.6 is 0 Å². The molecule has 0 radical (unpaired) electrons. The minimum absolute atomic E-state index is 0.0121. The van der Waals surface area contributed by atoms with E-state index in [4.69, 9.17) is 9.26 Å². The molecule has 7 nitrogen and oxygen atoms in total. The molecule has 1 atom stereocenters. The van der Waals surface area contributed by atoms with Crippen molar-refractivity contribution in [2.75, 3.05) is 25.0 Å². The van der Waals surface area contributed by atoms with Crippen molar-refractivity contribution >= 4 is 17.6 Å². The molecule has 1 fully saturated rings. The topological polar surface area (TPSA) is 84.7 Å². The maximum Gasteiger partial charge on any atom is 0.245 e. The van der Waals surface area contributed by atoms with Gasteiger partial charge in [0.25, 0.3) is 0 Å². The maximum absolute atomic E-state index is 12.5. The van der Waals surface area contributed by atoms with Crippen LogP contribution < -0.4 is 5.32 Å². The zero-order valence-electron chi connectivity index (χ0n) is 15.3. The lowest BCUT2D eigenvalue weighted by Gasteiger charge is -2.25. The van der Waals surface area contributed by atoms with E-state index < -0.39 is 0 Å². The molecule has 0 aliphatic carbocycles. The van der Waals surface area contributed by atoms with Crippen molar-refractivity contribution in [3.05, 3.63) is 11.8 Å². The number of carbonyl (C=O) groups excluding carboxylic acids is 2. The van der Waals surface area contributed by atoms with Crippen LogP contribution in [0.3, 0.4) is 0 Å². The third-order valence-corrected chi connectivity index (χ3v) is 4.27. The van der Waals surface area contributed by atoms with Gasteiger partial charge in [0.1, 0.15) is 5.76 Å². The molecule has 0 bridgehead atoms. The summed E-state index contributed by atoms with van der Waals surface area (Å²) in [6, 6.07) is 1.65. The summed E-state index contributed by atoms with van der Waals surface area (Å²) in [6.07, 6.45) is 6.61. The third-order valence-electron chi connectivity index (χ3n) is 4.27. The van der Waals surface area contributed by atoms with E-state index in [0.717, 1.165) is 45.1 Å². The molecule has 1 aliphatic rings. The zero-order valence-corrected chi connectivity index (χ0v) is 15.3. The Morgan fingerprint density at radius 1 is 1.36 bits per heavy atom. The summed E-state index contributed by atoms with van der Waals surface area (Å²) in [6.45, 7) is 5.11. The first-order valence-electron chi connectivity index (χ1n) is 9.21. The quantitative estimate of drug-likeness (QED) is 0.655. The summed E-state index contributed by atoms with van der Waals surface area (Å²) in [7, 11) is 0. The molecule has 1 aromatic rings. The molecule has 1 aromatic heterocycles. The Labute approximate surface area is 149 Å². The van der Waals surface area contributed by atoms with Crippen molar-refractivity contribution in [2.24, 2.45) is 0 Å². The summed E-state index contributed by atoms with van der Waals surface area (Å²) < 4.78 is 10.6. The smallest absolute Gasteiger partial charge is 0.245 e. The van der Waals surface area contributed by atoms with Gasteiger partial charge in [0.2, 0.25) is 11.8 Å². The van der Waals surface area contributed by atoms with Crippen LogP contribution in [0.5, 0.6) is 0 Å². The predicted molar refractivity (Wildman–Crippen MR) is 94.2 cm³/mol. The van der Waals surface area contributed by atoms with Crippen molar-refractivity contribution in [1.82, 2.24) is 10.1 Å². The average molecular weight is 351 g/mol. The second-order valence-corrected chi connectivity index (χ2v) is 6.59. The zero-order chi connectivity index (χ0) is 18.1. The van der Waals surface area contributed by atoms with Crippen LogP contribution in [-0.4, -0.2) is 47.7 Å². The number of rotatable bonds is 10. The second kappa shape index (κ2) is 10.2. The van der Waals surface area contributed by atoms with E-state index in [1.54, 1.807) is 17.9 Å². The highest BCUT2D eigenvalue weighted by molar-refractivity contribution is 5.93. The first-order valence-corrected chi connectivity index (χ1v) is 9.21. The van der Waals surface area contributed by atoms with Crippen LogP contribution in [0.4, 0.5) is 5.82 Å². The molecule has 0 unspecified atom stereocenters. The highest BCUT2D eigenvalue weighted by Gasteiger charge is 2.24. The van der Waals surface area contributed by atoms with Gasteiger partial charge in [0.15, 0.2) is 5.82 Å². The second-order valence-electron chi connectivity index (χ2n) is 6.59. The molecule has 0 aromatic carbocycles. The highest BCUT2D eigenvalue weighted by Crippen LogP contribution is 2.15. The predicted octanol–water partition coefficient (Wildman–Crippen LogP) is 2.90. The number of unbranched alkanes of at least 4 members (excludes halogenated alkanes) is 3. The summed E-state index contributed by atoms with van der Waals surface area (Å²) >= 11 is 0. The largest absolute Gasteiger partial charge is 0.376 e. The van der Waals surface area contributed by atoms with Gasteiger partial charge in [-0.1, -0.05) is 31.3 Å². The number of anilines is 1. The summed E-state index contributed by atoms with van der Waals surface area (Å²) in [5.41, 5.74) is 0. The number of nitrogens with one attached hydrogen (secondary N) is 1. The monoisotopic (exact) mass is 351 g/mol. The van der Waals surface area contributed by atoms with Gasteiger partial charge in [-0.05, 0) is 26.2 Å². The molecular formula is C18H29N3O4. The van der Waals surface area contributed by atoms with Gasteiger partial charge in [-0.3, -0.25) is 9.59 Å². The first kappa shape index (κ1) is 19.4. The van der Waals surface area contributed by atoms with E-state index in [-0.39, 0.29) is 24.5 Å².